The van der Waals surface area contributed by atoms with Crippen molar-refractivity contribution in [2.75, 3.05) is 25.0 Å². The molecule has 0 saturated carbocycles. The Labute approximate surface area is 99.7 Å². The van der Waals surface area contributed by atoms with Gasteiger partial charge < -0.3 is 10.2 Å². The summed E-state index contributed by atoms with van der Waals surface area (Å²) < 4.78 is 0. The van der Waals surface area contributed by atoms with Crippen LogP contribution in [0, 0.1) is 0 Å². The van der Waals surface area contributed by atoms with Gasteiger partial charge in [-0.2, -0.15) is 0 Å². The van der Waals surface area contributed by atoms with Crippen molar-refractivity contribution in [3.05, 3.63) is 11.1 Å². The molecule has 2 heterocycles. The van der Waals surface area contributed by atoms with E-state index in [4.69, 9.17) is 0 Å². The highest BCUT2D eigenvalue weighted by Crippen LogP contribution is 2.18. The minimum absolute atomic E-state index is 0.0834. The van der Waals surface area contributed by atoms with Gasteiger partial charge in [0.15, 0.2) is 5.13 Å². The first kappa shape index (κ1) is 11.4. The third-order valence-electron chi connectivity index (χ3n) is 2.69. The number of amides is 1. The van der Waals surface area contributed by atoms with E-state index >= 15 is 0 Å². The Kier molecular flexibility index (Phi) is 3.77. The van der Waals surface area contributed by atoms with Crippen LogP contribution in [0.1, 0.15) is 36.7 Å². The molecule has 1 aromatic rings. The maximum atomic E-state index is 12.1. The van der Waals surface area contributed by atoms with Crippen molar-refractivity contribution in [3.8, 4) is 0 Å². The lowest BCUT2D eigenvalue weighted by atomic mass is 10.1. The van der Waals surface area contributed by atoms with Crippen molar-refractivity contribution in [1.82, 2.24) is 9.88 Å². The zero-order valence-electron chi connectivity index (χ0n) is 9.53. The topological polar surface area (TPSA) is 45.2 Å². The zero-order valence-corrected chi connectivity index (χ0v) is 10.3. The summed E-state index contributed by atoms with van der Waals surface area (Å²) in [5.74, 6) is 0.0834. The van der Waals surface area contributed by atoms with Crippen LogP contribution in [0.15, 0.2) is 5.38 Å². The SMILES string of the molecule is CCNc1nc(C(=O)N2CCCCC2)cs1. The van der Waals surface area contributed by atoms with Gasteiger partial charge in [-0.1, -0.05) is 0 Å². The van der Waals surface area contributed by atoms with Crippen LogP contribution in [0.25, 0.3) is 0 Å². The number of rotatable bonds is 3. The lowest BCUT2D eigenvalue weighted by molar-refractivity contribution is 0.0719. The number of nitrogens with zero attached hydrogens (tertiary/aromatic N) is 2. The molecule has 0 aliphatic carbocycles. The Hall–Kier alpha value is -1.10. The molecule has 1 saturated heterocycles. The number of carbonyl (C=O) groups excluding carboxylic acids is 1. The Morgan fingerprint density at radius 1 is 1.50 bits per heavy atom. The van der Waals surface area contributed by atoms with Crippen LogP contribution in [0.2, 0.25) is 0 Å². The minimum atomic E-state index is 0.0834. The number of thiazole rings is 1. The van der Waals surface area contributed by atoms with Crippen molar-refractivity contribution >= 4 is 22.4 Å². The summed E-state index contributed by atoms with van der Waals surface area (Å²) in [5.41, 5.74) is 0.586. The van der Waals surface area contributed by atoms with E-state index in [9.17, 15) is 4.79 Å². The second kappa shape index (κ2) is 5.30. The number of anilines is 1. The molecule has 16 heavy (non-hydrogen) atoms. The first-order valence-corrected chi connectivity index (χ1v) is 6.68. The summed E-state index contributed by atoms with van der Waals surface area (Å²) in [6.07, 6.45) is 3.48. The van der Waals surface area contributed by atoms with Gasteiger partial charge in [0.05, 0.1) is 0 Å². The lowest BCUT2D eigenvalue weighted by Crippen LogP contribution is -2.35. The van der Waals surface area contributed by atoms with Gasteiger partial charge in [-0.05, 0) is 26.2 Å². The predicted octanol–water partition coefficient (Wildman–Crippen LogP) is 2.20. The molecule has 1 aliphatic rings. The van der Waals surface area contributed by atoms with E-state index in [1.165, 1.54) is 17.8 Å². The molecule has 1 N–H and O–H groups in total. The van der Waals surface area contributed by atoms with E-state index in [-0.39, 0.29) is 5.91 Å². The summed E-state index contributed by atoms with van der Waals surface area (Å²) in [7, 11) is 0. The molecule has 2 rings (SSSR count). The molecule has 0 radical (unpaired) electrons. The van der Waals surface area contributed by atoms with Crippen LogP contribution in [0.5, 0.6) is 0 Å². The number of likely N-dealkylation sites (tertiary alicyclic amines) is 1. The van der Waals surface area contributed by atoms with Gasteiger partial charge in [-0.15, -0.1) is 11.3 Å². The maximum absolute atomic E-state index is 12.1. The van der Waals surface area contributed by atoms with Crippen LogP contribution < -0.4 is 5.32 Å². The molecule has 1 amide bonds. The largest absolute Gasteiger partial charge is 0.362 e. The van der Waals surface area contributed by atoms with E-state index < -0.39 is 0 Å². The third-order valence-corrected chi connectivity index (χ3v) is 3.49. The lowest BCUT2D eigenvalue weighted by Gasteiger charge is -2.25. The monoisotopic (exact) mass is 239 g/mol. The number of nitrogens with one attached hydrogen (secondary N) is 1. The molecule has 0 atom stereocenters. The van der Waals surface area contributed by atoms with Gasteiger partial charge in [0.1, 0.15) is 5.69 Å². The van der Waals surface area contributed by atoms with Gasteiger partial charge in [-0.25, -0.2) is 4.98 Å². The molecular weight excluding hydrogens is 222 g/mol. The highest BCUT2D eigenvalue weighted by Gasteiger charge is 2.20. The van der Waals surface area contributed by atoms with E-state index in [1.807, 2.05) is 17.2 Å². The fraction of sp³-hybridized carbons (Fsp3) is 0.636. The second-order valence-electron chi connectivity index (χ2n) is 3.92. The number of hydrogen-bond acceptors (Lipinski definition) is 4. The van der Waals surface area contributed by atoms with E-state index in [1.54, 1.807) is 0 Å². The summed E-state index contributed by atoms with van der Waals surface area (Å²) in [6, 6.07) is 0. The third kappa shape index (κ3) is 2.52. The summed E-state index contributed by atoms with van der Waals surface area (Å²) in [6.45, 7) is 4.62. The maximum Gasteiger partial charge on any atom is 0.273 e. The number of carbonyl (C=O) groups is 1. The average molecular weight is 239 g/mol. The Morgan fingerprint density at radius 2 is 2.25 bits per heavy atom. The Morgan fingerprint density at radius 3 is 2.94 bits per heavy atom. The average Bonchev–Trinajstić information content (AvgIpc) is 2.78. The fourth-order valence-corrected chi connectivity index (χ4v) is 2.62. The molecular formula is C11H17N3OS. The van der Waals surface area contributed by atoms with E-state index in [0.717, 1.165) is 37.6 Å². The van der Waals surface area contributed by atoms with Crippen molar-refractivity contribution in [3.63, 3.8) is 0 Å². The van der Waals surface area contributed by atoms with Crippen molar-refractivity contribution < 1.29 is 4.79 Å². The Bertz CT molecular complexity index is 358. The molecule has 1 aliphatic heterocycles. The highest BCUT2D eigenvalue weighted by atomic mass is 32.1. The Balaban J connectivity index is 2.01. The minimum Gasteiger partial charge on any atom is -0.362 e. The molecule has 1 fully saturated rings. The van der Waals surface area contributed by atoms with E-state index in [0.29, 0.717) is 5.69 Å². The quantitative estimate of drug-likeness (QED) is 0.879. The van der Waals surface area contributed by atoms with Gasteiger partial charge in [0.2, 0.25) is 0 Å². The number of piperidine rings is 1. The fourth-order valence-electron chi connectivity index (χ4n) is 1.86. The number of hydrogen-bond donors (Lipinski definition) is 1. The van der Waals surface area contributed by atoms with Crippen LogP contribution in [0.3, 0.4) is 0 Å². The van der Waals surface area contributed by atoms with Crippen molar-refractivity contribution in [2.45, 2.75) is 26.2 Å². The van der Waals surface area contributed by atoms with Crippen LogP contribution in [0.4, 0.5) is 5.13 Å². The van der Waals surface area contributed by atoms with Crippen LogP contribution >= 0.6 is 11.3 Å². The number of aromatic nitrogens is 1. The molecule has 88 valence electrons. The van der Waals surface area contributed by atoms with Crippen LogP contribution in [-0.2, 0) is 0 Å². The van der Waals surface area contributed by atoms with Gasteiger partial charge in [-0.3, -0.25) is 4.79 Å². The summed E-state index contributed by atoms with van der Waals surface area (Å²) >= 11 is 1.50. The molecule has 0 unspecified atom stereocenters. The van der Waals surface area contributed by atoms with Gasteiger partial charge in [0, 0.05) is 25.0 Å². The van der Waals surface area contributed by atoms with Crippen molar-refractivity contribution in [1.29, 1.82) is 0 Å². The molecule has 1 aromatic heterocycles. The molecule has 0 spiro atoms. The summed E-state index contributed by atoms with van der Waals surface area (Å²) in [5, 5.41) is 5.80. The van der Waals surface area contributed by atoms with Crippen molar-refractivity contribution in [2.24, 2.45) is 0 Å². The van der Waals surface area contributed by atoms with Crippen LogP contribution in [-0.4, -0.2) is 35.4 Å². The van der Waals surface area contributed by atoms with Gasteiger partial charge >= 0.3 is 0 Å². The summed E-state index contributed by atoms with van der Waals surface area (Å²) in [4.78, 5) is 18.3. The predicted molar refractivity (Wildman–Crippen MR) is 66.0 cm³/mol. The molecule has 4 nitrogen and oxygen atoms in total. The highest BCUT2D eigenvalue weighted by molar-refractivity contribution is 7.13. The first-order chi connectivity index (χ1) is 7.81. The molecule has 0 aromatic carbocycles. The molecule has 0 bridgehead atoms. The zero-order chi connectivity index (χ0) is 11.4. The standard InChI is InChI=1S/C11H17N3OS/c1-2-12-11-13-9(8-16-11)10(15)14-6-4-3-5-7-14/h8H,2-7H2,1H3,(H,12,13). The second-order valence-corrected chi connectivity index (χ2v) is 4.78. The van der Waals surface area contributed by atoms with E-state index in [2.05, 4.69) is 10.3 Å². The van der Waals surface area contributed by atoms with Gasteiger partial charge in [0.25, 0.3) is 5.91 Å². The smallest absolute Gasteiger partial charge is 0.273 e. The molecule has 5 heteroatoms. The first-order valence-electron chi connectivity index (χ1n) is 5.80. The normalized spacial score (nSPS) is 16.2.